The van der Waals surface area contributed by atoms with Gasteiger partial charge in [-0.1, -0.05) is 6.07 Å². The maximum atomic E-state index is 11.3. The van der Waals surface area contributed by atoms with Crippen LogP contribution in [0.15, 0.2) is 49.2 Å². The summed E-state index contributed by atoms with van der Waals surface area (Å²) in [5.41, 5.74) is 0.715. The SMILES string of the molecule is O=C(O)c1cn(-c2ccccn2)nc1-c1cnccn1. The van der Waals surface area contributed by atoms with Gasteiger partial charge in [0.15, 0.2) is 5.82 Å². The van der Waals surface area contributed by atoms with E-state index in [1.54, 1.807) is 24.4 Å². The molecule has 0 aliphatic heterocycles. The Balaban J connectivity index is 2.15. The predicted octanol–water partition coefficient (Wildman–Crippen LogP) is 1.42. The molecule has 3 aromatic rings. The molecule has 98 valence electrons. The summed E-state index contributed by atoms with van der Waals surface area (Å²) in [6.07, 6.45) is 7.49. The molecule has 0 fully saturated rings. The number of carbonyl (C=O) groups is 1. The highest BCUT2D eigenvalue weighted by molar-refractivity contribution is 5.94. The molecule has 0 amide bonds. The monoisotopic (exact) mass is 267 g/mol. The Morgan fingerprint density at radius 1 is 1.15 bits per heavy atom. The Hall–Kier alpha value is -3.09. The molecule has 7 heteroatoms. The highest BCUT2D eigenvalue weighted by Crippen LogP contribution is 2.20. The lowest BCUT2D eigenvalue weighted by molar-refractivity contribution is 0.0697. The molecule has 0 atom stereocenters. The van der Waals surface area contributed by atoms with Crippen LogP contribution < -0.4 is 0 Å². The van der Waals surface area contributed by atoms with Crippen molar-refractivity contribution >= 4 is 5.97 Å². The number of hydrogen-bond donors (Lipinski definition) is 1. The molecule has 0 unspecified atom stereocenters. The van der Waals surface area contributed by atoms with Gasteiger partial charge < -0.3 is 5.11 Å². The summed E-state index contributed by atoms with van der Waals surface area (Å²) in [5.74, 6) is -0.544. The number of aromatic nitrogens is 5. The van der Waals surface area contributed by atoms with E-state index in [0.29, 0.717) is 11.5 Å². The standard InChI is InChI=1S/C13H9N5O2/c19-13(20)9-8-18(11-3-1-2-4-16-11)17-12(9)10-7-14-5-6-15-10/h1-8H,(H,19,20). The van der Waals surface area contributed by atoms with Crippen LogP contribution in [0.2, 0.25) is 0 Å². The molecule has 0 radical (unpaired) electrons. The average molecular weight is 267 g/mol. The molecule has 3 aromatic heterocycles. The van der Waals surface area contributed by atoms with Gasteiger partial charge in [0.1, 0.15) is 17.0 Å². The molecule has 0 saturated carbocycles. The fourth-order valence-electron chi connectivity index (χ4n) is 1.75. The van der Waals surface area contributed by atoms with E-state index in [2.05, 4.69) is 20.1 Å². The average Bonchev–Trinajstić information content (AvgIpc) is 2.94. The largest absolute Gasteiger partial charge is 0.478 e. The summed E-state index contributed by atoms with van der Waals surface area (Å²) >= 11 is 0. The second-order valence-corrected chi connectivity index (χ2v) is 3.92. The van der Waals surface area contributed by atoms with Gasteiger partial charge in [0.2, 0.25) is 0 Å². The zero-order chi connectivity index (χ0) is 13.9. The fraction of sp³-hybridized carbons (Fsp3) is 0. The summed E-state index contributed by atoms with van der Waals surface area (Å²) in [6.45, 7) is 0. The van der Waals surface area contributed by atoms with Gasteiger partial charge >= 0.3 is 5.97 Å². The minimum Gasteiger partial charge on any atom is -0.478 e. The molecule has 20 heavy (non-hydrogen) atoms. The van der Waals surface area contributed by atoms with E-state index in [-0.39, 0.29) is 11.3 Å². The van der Waals surface area contributed by atoms with Crippen LogP contribution in [0.3, 0.4) is 0 Å². The van der Waals surface area contributed by atoms with Gasteiger partial charge in [-0.25, -0.2) is 14.5 Å². The number of carboxylic acid groups (broad SMARTS) is 1. The van der Waals surface area contributed by atoms with Crippen molar-refractivity contribution < 1.29 is 9.90 Å². The first-order valence-corrected chi connectivity index (χ1v) is 5.76. The van der Waals surface area contributed by atoms with Crippen molar-refractivity contribution in [2.24, 2.45) is 0 Å². The highest BCUT2D eigenvalue weighted by Gasteiger charge is 2.19. The van der Waals surface area contributed by atoms with Crippen molar-refractivity contribution in [2.75, 3.05) is 0 Å². The van der Waals surface area contributed by atoms with Gasteiger partial charge in [-0.15, -0.1) is 0 Å². The Labute approximate surface area is 113 Å². The van der Waals surface area contributed by atoms with Crippen molar-refractivity contribution in [3.05, 3.63) is 54.7 Å². The molecule has 3 rings (SSSR count). The van der Waals surface area contributed by atoms with Crippen LogP contribution in [0.25, 0.3) is 17.2 Å². The van der Waals surface area contributed by atoms with Crippen LogP contribution in [0.4, 0.5) is 0 Å². The minimum atomic E-state index is -1.08. The zero-order valence-electron chi connectivity index (χ0n) is 10.2. The Bertz CT molecular complexity index is 740. The fourth-order valence-corrected chi connectivity index (χ4v) is 1.75. The van der Waals surface area contributed by atoms with Crippen molar-refractivity contribution in [3.8, 4) is 17.2 Å². The third kappa shape index (κ3) is 2.12. The van der Waals surface area contributed by atoms with E-state index < -0.39 is 5.97 Å². The molecule has 0 aromatic carbocycles. The molecule has 1 N–H and O–H groups in total. The lowest BCUT2D eigenvalue weighted by Gasteiger charge is -1.98. The number of pyridine rings is 1. The van der Waals surface area contributed by atoms with Gasteiger partial charge in [0, 0.05) is 24.8 Å². The Morgan fingerprint density at radius 3 is 2.70 bits per heavy atom. The lowest BCUT2D eigenvalue weighted by Crippen LogP contribution is -1.97. The van der Waals surface area contributed by atoms with Crippen LogP contribution in [-0.4, -0.2) is 35.8 Å². The van der Waals surface area contributed by atoms with E-state index in [4.69, 9.17) is 0 Å². The van der Waals surface area contributed by atoms with E-state index in [1.807, 2.05) is 0 Å². The summed E-state index contributed by atoms with van der Waals surface area (Å²) in [7, 11) is 0. The summed E-state index contributed by atoms with van der Waals surface area (Å²) in [4.78, 5) is 23.4. The summed E-state index contributed by atoms with van der Waals surface area (Å²) in [6, 6.07) is 5.31. The number of aromatic carboxylic acids is 1. The highest BCUT2D eigenvalue weighted by atomic mass is 16.4. The molecule has 0 aliphatic rings. The number of rotatable bonds is 3. The van der Waals surface area contributed by atoms with Crippen molar-refractivity contribution in [2.45, 2.75) is 0 Å². The Morgan fingerprint density at radius 2 is 2.05 bits per heavy atom. The van der Waals surface area contributed by atoms with Gasteiger partial charge in [-0.05, 0) is 12.1 Å². The second kappa shape index (κ2) is 4.88. The number of hydrogen-bond acceptors (Lipinski definition) is 5. The number of nitrogens with zero attached hydrogens (tertiary/aromatic N) is 5. The first-order valence-electron chi connectivity index (χ1n) is 5.76. The van der Waals surface area contributed by atoms with Crippen LogP contribution in [-0.2, 0) is 0 Å². The van der Waals surface area contributed by atoms with Gasteiger partial charge in [-0.2, -0.15) is 5.10 Å². The molecular weight excluding hydrogens is 258 g/mol. The van der Waals surface area contributed by atoms with Gasteiger partial charge in [0.25, 0.3) is 0 Å². The summed E-state index contributed by atoms with van der Waals surface area (Å²) < 4.78 is 1.41. The number of carboxylic acids is 1. The molecule has 0 bridgehead atoms. The van der Waals surface area contributed by atoms with Crippen LogP contribution in [0.1, 0.15) is 10.4 Å². The first kappa shape index (κ1) is 12.0. The molecule has 0 aliphatic carbocycles. The van der Waals surface area contributed by atoms with Gasteiger partial charge in [-0.3, -0.25) is 9.97 Å². The quantitative estimate of drug-likeness (QED) is 0.771. The topological polar surface area (TPSA) is 93.8 Å². The van der Waals surface area contributed by atoms with E-state index in [9.17, 15) is 9.90 Å². The Kier molecular flexibility index (Phi) is 2.92. The molecule has 3 heterocycles. The minimum absolute atomic E-state index is 0.0520. The van der Waals surface area contributed by atoms with Crippen molar-refractivity contribution in [3.63, 3.8) is 0 Å². The maximum absolute atomic E-state index is 11.3. The van der Waals surface area contributed by atoms with E-state index >= 15 is 0 Å². The molecule has 0 spiro atoms. The molecule has 7 nitrogen and oxygen atoms in total. The van der Waals surface area contributed by atoms with E-state index in [0.717, 1.165) is 0 Å². The zero-order valence-corrected chi connectivity index (χ0v) is 10.2. The smallest absolute Gasteiger partial charge is 0.339 e. The lowest BCUT2D eigenvalue weighted by atomic mass is 10.2. The molecule has 0 saturated heterocycles. The van der Waals surface area contributed by atoms with Crippen molar-refractivity contribution in [1.82, 2.24) is 24.7 Å². The van der Waals surface area contributed by atoms with Crippen molar-refractivity contribution in [1.29, 1.82) is 0 Å². The third-order valence-corrected chi connectivity index (χ3v) is 2.63. The molecular formula is C13H9N5O2. The van der Waals surface area contributed by atoms with Gasteiger partial charge in [0.05, 0.1) is 6.20 Å². The maximum Gasteiger partial charge on any atom is 0.339 e. The van der Waals surface area contributed by atoms with Crippen LogP contribution >= 0.6 is 0 Å². The van der Waals surface area contributed by atoms with E-state index in [1.165, 1.54) is 29.5 Å². The summed E-state index contributed by atoms with van der Waals surface area (Å²) in [5, 5.41) is 13.5. The predicted molar refractivity (Wildman–Crippen MR) is 69.3 cm³/mol. The first-order chi connectivity index (χ1) is 9.75. The normalized spacial score (nSPS) is 10.4. The third-order valence-electron chi connectivity index (χ3n) is 2.63. The van der Waals surface area contributed by atoms with Crippen LogP contribution in [0.5, 0.6) is 0 Å². The van der Waals surface area contributed by atoms with Crippen LogP contribution in [0, 0.1) is 0 Å². The second-order valence-electron chi connectivity index (χ2n) is 3.92.